The lowest BCUT2D eigenvalue weighted by Crippen LogP contribution is -2.25. The van der Waals surface area contributed by atoms with E-state index in [1.807, 2.05) is 12.1 Å². The van der Waals surface area contributed by atoms with Gasteiger partial charge in [-0.05, 0) is 18.6 Å². The van der Waals surface area contributed by atoms with Crippen molar-refractivity contribution in [1.82, 2.24) is 5.32 Å². The highest BCUT2D eigenvalue weighted by Gasteiger charge is 2.00. The average molecular weight is 197 g/mol. The smallest absolute Gasteiger partial charge is 0.220 e. The van der Waals surface area contributed by atoms with E-state index < -0.39 is 0 Å². The predicted molar refractivity (Wildman–Crippen MR) is 51.7 cm³/mol. The van der Waals surface area contributed by atoms with Gasteiger partial charge in [-0.2, -0.15) is 0 Å². The van der Waals surface area contributed by atoms with Gasteiger partial charge in [0.25, 0.3) is 0 Å². The number of carbonyl (C=O) groups excluding carboxylic acids is 1. The maximum absolute atomic E-state index is 11.1. The minimum absolute atomic E-state index is 0.0226. The van der Waals surface area contributed by atoms with Crippen LogP contribution in [0.15, 0.2) is 22.8 Å². The summed E-state index contributed by atoms with van der Waals surface area (Å²) >= 11 is 0. The molecule has 0 aromatic carbocycles. The SMILES string of the molecule is O=C(CCCO)NCCc1ccco1. The lowest BCUT2D eigenvalue weighted by atomic mass is 10.3. The molecular weight excluding hydrogens is 182 g/mol. The Morgan fingerprint density at radius 1 is 1.57 bits per heavy atom. The number of hydrogen-bond donors (Lipinski definition) is 2. The molecule has 1 rings (SSSR count). The maximum Gasteiger partial charge on any atom is 0.220 e. The van der Waals surface area contributed by atoms with E-state index in [9.17, 15) is 4.79 Å². The quantitative estimate of drug-likeness (QED) is 0.706. The van der Waals surface area contributed by atoms with E-state index in [0.717, 1.165) is 5.76 Å². The summed E-state index contributed by atoms with van der Waals surface area (Å²) in [6.45, 7) is 0.642. The van der Waals surface area contributed by atoms with Gasteiger partial charge in [0, 0.05) is 26.0 Å². The second-order valence-electron chi connectivity index (χ2n) is 3.01. The number of aliphatic hydroxyl groups is 1. The van der Waals surface area contributed by atoms with Crippen molar-refractivity contribution in [2.45, 2.75) is 19.3 Å². The van der Waals surface area contributed by atoms with Gasteiger partial charge < -0.3 is 14.8 Å². The highest BCUT2D eigenvalue weighted by Crippen LogP contribution is 1.99. The average Bonchev–Trinajstić information content (AvgIpc) is 2.67. The minimum Gasteiger partial charge on any atom is -0.469 e. The third kappa shape index (κ3) is 4.09. The number of nitrogens with one attached hydrogen (secondary N) is 1. The third-order valence-electron chi connectivity index (χ3n) is 1.84. The first-order valence-corrected chi connectivity index (χ1v) is 4.73. The highest BCUT2D eigenvalue weighted by atomic mass is 16.3. The van der Waals surface area contributed by atoms with Crippen LogP contribution in [0.25, 0.3) is 0 Å². The summed E-state index contributed by atoms with van der Waals surface area (Å²) in [5.41, 5.74) is 0. The van der Waals surface area contributed by atoms with E-state index in [0.29, 0.717) is 25.8 Å². The van der Waals surface area contributed by atoms with Crippen molar-refractivity contribution < 1.29 is 14.3 Å². The van der Waals surface area contributed by atoms with Crippen molar-refractivity contribution in [3.05, 3.63) is 24.2 Å². The van der Waals surface area contributed by atoms with Gasteiger partial charge >= 0.3 is 0 Å². The van der Waals surface area contributed by atoms with Gasteiger partial charge in [-0.1, -0.05) is 0 Å². The van der Waals surface area contributed by atoms with Crippen LogP contribution < -0.4 is 5.32 Å². The monoisotopic (exact) mass is 197 g/mol. The number of rotatable bonds is 6. The lowest BCUT2D eigenvalue weighted by Gasteiger charge is -2.02. The van der Waals surface area contributed by atoms with E-state index in [2.05, 4.69) is 5.32 Å². The number of hydrogen-bond acceptors (Lipinski definition) is 3. The second-order valence-corrected chi connectivity index (χ2v) is 3.01. The van der Waals surface area contributed by atoms with Crippen molar-refractivity contribution in [3.8, 4) is 0 Å². The molecule has 0 spiro atoms. The Bertz CT molecular complexity index is 256. The van der Waals surface area contributed by atoms with Crippen molar-refractivity contribution in [3.63, 3.8) is 0 Å². The molecule has 0 aliphatic rings. The normalized spacial score (nSPS) is 10.1. The first-order valence-electron chi connectivity index (χ1n) is 4.73. The molecule has 0 fully saturated rings. The van der Waals surface area contributed by atoms with Gasteiger partial charge in [0.15, 0.2) is 0 Å². The molecule has 0 atom stereocenters. The number of furan rings is 1. The Morgan fingerprint density at radius 2 is 2.43 bits per heavy atom. The van der Waals surface area contributed by atoms with Gasteiger partial charge in [0.1, 0.15) is 5.76 Å². The molecule has 0 bridgehead atoms. The molecule has 2 N–H and O–H groups in total. The first-order chi connectivity index (χ1) is 6.83. The van der Waals surface area contributed by atoms with Gasteiger partial charge in [-0.25, -0.2) is 0 Å². The summed E-state index contributed by atoms with van der Waals surface area (Å²) in [4.78, 5) is 11.1. The molecule has 4 heteroatoms. The fraction of sp³-hybridized carbons (Fsp3) is 0.500. The van der Waals surface area contributed by atoms with Gasteiger partial charge in [0.05, 0.1) is 6.26 Å². The lowest BCUT2D eigenvalue weighted by molar-refractivity contribution is -0.121. The summed E-state index contributed by atoms with van der Waals surface area (Å²) < 4.78 is 5.11. The molecule has 0 unspecified atom stereocenters. The summed E-state index contributed by atoms with van der Waals surface area (Å²) in [5.74, 6) is 0.845. The van der Waals surface area contributed by atoms with Crippen LogP contribution in [0.1, 0.15) is 18.6 Å². The zero-order valence-corrected chi connectivity index (χ0v) is 8.03. The van der Waals surface area contributed by atoms with Crippen LogP contribution in [0.3, 0.4) is 0 Å². The van der Waals surface area contributed by atoms with E-state index in [1.54, 1.807) is 6.26 Å². The molecule has 1 aromatic heterocycles. The Labute approximate surface area is 82.9 Å². The summed E-state index contributed by atoms with van der Waals surface area (Å²) in [7, 11) is 0. The Morgan fingerprint density at radius 3 is 3.07 bits per heavy atom. The Balaban J connectivity index is 2.06. The van der Waals surface area contributed by atoms with Crippen molar-refractivity contribution in [1.29, 1.82) is 0 Å². The molecule has 1 heterocycles. The van der Waals surface area contributed by atoms with Gasteiger partial charge in [-0.15, -0.1) is 0 Å². The van der Waals surface area contributed by atoms with Crippen molar-refractivity contribution in [2.24, 2.45) is 0 Å². The van der Waals surface area contributed by atoms with Crippen LogP contribution in [0.5, 0.6) is 0 Å². The molecular formula is C10H15NO3. The van der Waals surface area contributed by atoms with Crippen molar-refractivity contribution in [2.75, 3.05) is 13.2 Å². The molecule has 78 valence electrons. The molecule has 4 nitrogen and oxygen atoms in total. The predicted octanol–water partition coefficient (Wildman–Crippen LogP) is 0.711. The van der Waals surface area contributed by atoms with Crippen LogP contribution >= 0.6 is 0 Å². The fourth-order valence-corrected chi connectivity index (χ4v) is 1.11. The largest absolute Gasteiger partial charge is 0.469 e. The van der Waals surface area contributed by atoms with Crippen LogP contribution in [-0.2, 0) is 11.2 Å². The van der Waals surface area contributed by atoms with E-state index in [-0.39, 0.29) is 12.5 Å². The van der Waals surface area contributed by atoms with Crippen molar-refractivity contribution >= 4 is 5.91 Å². The minimum atomic E-state index is -0.0226. The zero-order chi connectivity index (χ0) is 10.2. The van der Waals surface area contributed by atoms with E-state index in [1.165, 1.54) is 0 Å². The molecule has 0 aliphatic heterocycles. The summed E-state index contributed by atoms with van der Waals surface area (Å²) in [5, 5.41) is 11.2. The van der Waals surface area contributed by atoms with E-state index >= 15 is 0 Å². The fourth-order valence-electron chi connectivity index (χ4n) is 1.11. The molecule has 1 aromatic rings. The standard InChI is InChI=1S/C10H15NO3/c12-7-1-4-10(13)11-6-5-9-3-2-8-14-9/h2-3,8,12H,1,4-7H2,(H,11,13). The number of amides is 1. The Hall–Kier alpha value is -1.29. The third-order valence-corrected chi connectivity index (χ3v) is 1.84. The van der Waals surface area contributed by atoms with Gasteiger partial charge in [0.2, 0.25) is 5.91 Å². The summed E-state index contributed by atoms with van der Waals surface area (Å²) in [6.07, 6.45) is 3.22. The summed E-state index contributed by atoms with van der Waals surface area (Å²) in [6, 6.07) is 3.70. The van der Waals surface area contributed by atoms with E-state index in [4.69, 9.17) is 9.52 Å². The Kier molecular flexibility index (Phi) is 4.78. The molecule has 0 radical (unpaired) electrons. The van der Waals surface area contributed by atoms with Crippen LogP contribution in [0, 0.1) is 0 Å². The molecule has 0 aliphatic carbocycles. The molecule has 14 heavy (non-hydrogen) atoms. The first kappa shape index (κ1) is 10.8. The van der Waals surface area contributed by atoms with Crippen LogP contribution in [0.4, 0.5) is 0 Å². The highest BCUT2D eigenvalue weighted by molar-refractivity contribution is 5.75. The van der Waals surface area contributed by atoms with Crippen LogP contribution in [-0.4, -0.2) is 24.2 Å². The number of aliphatic hydroxyl groups excluding tert-OH is 1. The zero-order valence-electron chi connectivity index (χ0n) is 8.03. The van der Waals surface area contributed by atoms with Gasteiger partial charge in [-0.3, -0.25) is 4.79 Å². The molecule has 0 saturated carbocycles. The topological polar surface area (TPSA) is 62.5 Å². The molecule has 1 amide bonds. The molecule has 0 saturated heterocycles. The van der Waals surface area contributed by atoms with Crippen LogP contribution in [0.2, 0.25) is 0 Å². The maximum atomic E-state index is 11.1. The number of carbonyl (C=O) groups is 1. The second kappa shape index (κ2) is 6.21.